The molecule has 4 heteroatoms. The summed E-state index contributed by atoms with van der Waals surface area (Å²) in [4.78, 5) is 12.0. The van der Waals surface area contributed by atoms with Gasteiger partial charge < -0.3 is 10.6 Å². The highest BCUT2D eigenvalue weighted by atomic mass is 32.2. The minimum absolute atomic E-state index is 0.106. The molecule has 0 aliphatic heterocycles. The van der Waals surface area contributed by atoms with E-state index in [2.05, 4.69) is 16.9 Å². The molecule has 0 atom stereocenters. The average molecular weight is 244 g/mol. The average Bonchev–Trinajstić information content (AvgIpc) is 2.16. The van der Waals surface area contributed by atoms with E-state index < -0.39 is 5.54 Å². The SMILES string of the molecule is CCNC(C)(C)C(=O)NCC1(SC)CCC1. The fourth-order valence-electron chi connectivity index (χ4n) is 2.01. The summed E-state index contributed by atoms with van der Waals surface area (Å²) in [5.41, 5.74) is -0.460. The van der Waals surface area contributed by atoms with Crippen LogP contribution >= 0.6 is 11.8 Å². The Morgan fingerprint density at radius 3 is 2.44 bits per heavy atom. The lowest BCUT2D eigenvalue weighted by Gasteiger charge is -2.41. The largest absolute Gasteiger partial charge is 0.353 e. The van der Waals surface area contributed by atoms with Crippen LogP contribution in [0.4, 0.5) is 0 Å². The van der Waals surface area contributed by atoms with Gasteiger partial charge in [0.2, 0.25) is 5.91 Å². The normalized spacial score (nSPS) is 19.0. The summed E-state index contributed by atoms with van der Waals surface area (Å²) in [7, 11) is 0. The molecule has 1 fully saturated rings. The molecule has 0 radical (unpaired) electrons. The Morgan fingerprint density at radius 1 is 1.44 bits per heavy atom. The Labute approximate surface area is 103 Å². The number of amides is 1. The van der Waals surface area contributed by atoms with Gasteiger partial charge in [0.1, 0.15) is 0 Å². The molecule has 0 heterocycles. The van der Waals surface area contributed by atoms with Crippen molar-refractivity contribution in [2.24, 2.45) is 0 Å². The van der Waals surface area contributed by atoms with Gasteiger partial charge in [-0.2, -0.15) is 11.8 Å². The maximum atomic E-state index is 12.0. The second kappa shape index (κ2) is 5.41. The van der Waals surface area contributed by atoms with Gasteiger partial charge >= 0.3 is 0 Å². The highest BCUT2D eigenvalue weighted by Gasteiger charge is 2.37. The van der Waals surface area contributed by atoms with Gasteiger partial charge in [0.25, 0.3) is 0 Å². The topological polar surface area (TPSA) is 41.1 Å². The van der Waals surface area contributed by atoms with Crippen LogP contribution in [-0.4, -0.2) is 35.5 Å². The number of carbonyl (C=O) groups excluding carboxylic acids is 1. The van der Waals surface area contributed by atoms with Gasteiger partial charge in [-0.3, -0.25) is 4.79 Å². The third-order valence-corrected chi connectivity index (χ3v) is 4.87. The standard InChI is InChI=1S/C12H24N2OS/c1-5-14-11(2,3)10(15)13-9-12(16-4)7-6-8-12/h14H,5-9H2,1-4H3,(H,13,15). The first kappa shape index (κ1) is 13.8. The maximum absolute atomic E-state index is 12.0. The number of likely N-dealkylation sites (N-methyl/N-ethyl adjacent to an activating group) is 1. The minimum Gasteiger partial charge on any atom is -0.353 e. The van der Waals surface area contributed by atoms with E-state index in [1.54, 1.807) is 0 Å². The Balaban J connectivity index is 2.40. The number of hydrogen-bond donors (Lipinski definition) is 2. The van der Waals surface area contributed by atoms with Crippen molar-refractivity contribution >= 4 is 17.7 Å². The van der Waals surface area contributed by atoms with Crippen molar-refractivity contribution in [2.75, 3.05) is 19.3 Å². The fourth-order valence-corrected chi connectivity index (χ4v) is 2.92. The molecule has 94 valence electrons. The number of carbonyl (C=O) groups is 1. The lowest BCUT2D eigenvalue weighted by molar-refractivity contribution is -0.126. The summed E-state index contributed by atoms with van der Waals surface area (Å²) in [6, 6.07) is 0. The van der Waals surface area contributed by atoms with E-state index in [0.717, 1.165) is 13.1 Å². The van der Waals surface area contributed by atoms with Gasteiger partial charge in [-0.05, 0) is 39.5 Å². The summed E-state index contributed by atoms with van der Waals surface area (Å²) in [6.45, 7) is 7.50. The van der Waals surface area contributed by atoms with Crippen molar-refractivity contribution in [1.82, 2.24) is 10.6 Å². The molecule has 0 unspecified atom stereocenters. The first-order valence-electron chi connectivity index (χ1n) is 6.04. The predicted octanol–water partition coefficient (Wildman–Crippen LogP) is 1.78. The van der Waals surface area contributed by atoms with Crippen LogP contribution in [0.3, 0.4) is 0 Å². The van der Waals surface area contributed by atoms with E-state index in [-0.39, 0.29) is 5.91 Å². The van der Waals surface area contributed by atoms with Gasteiger partial charge in [0.15, 0.2) is 0 Å². The molecule has 1 aliphatic rings. The molecule has 1 amide bonds. The third-order valence-electron chi connectivity index (χ3n) is 3.46. The lowest BCUT2D eigenvalue weighted by atomic mass is 9.84. The zero-order chi connectivity index (χ0) is 12.2. The van der Waals surface area contributed by atoms with E-state index in [4.69, 9.17) is 0 Å². The zero-order valence-corrected chi connectivity index (χ0v) is 11.7. The molecule has 0 spiro atoms. The van der Waals surface area contributed by atoms with Crippen molar-refractivity contribution in [3.8, 4) is 0 Å². The van der Waals surface area contributed by atoms with Gasteiger partial charge in [-0.1, -0.05) is 13.3 Å². The first-order valence-corrected chi connectivity index (χ1v) is 7.27. The van der Waals surface area contributed by atoms with E-state index in [9.17, 15) is 4.79 Å². The van der Waals surface area contributed by atoms with Crippen LogP contribution in [0.15, 0.2) is 0 Å². The molecular formula is C12H24N2OS. The summed E-state index contributed by atoms with van der Waals surface area (Å²) in [5.74, 6) is 0.106. The van der Waals surface area contributed by atoms with Crippen LogP contribution in [0, 0.1) is 0 Å². The van der Waals surface area contributed by atoms with Gasteiger partial charge in [0.05, 0.1) is 5.54 Å². The Kier molecular flexibility index (Phi) is 4.68. The van der Waals surface area contributed by atoms with Crippen LogP contribution in [0.25, 0.3) is 0 Å². The van der Waals surface area contributed by atoms with Crippen LogP contribution in [0.1, 0.15) is 40.0 Å². The molecule has 3 nitrogen and oxygen atoms in total. The molecule has 1 saturated carbocycles. The Hall–Kier alpha value is -0.220. The van der Waals surface area contributed by atoms with Crippen LogP contribution < -0.4 is 10.6 Å². The predicted molar refractivity (Wildman–Crippen MR) is 70.9 cm³/mol. The minimum atomic E-state index is -0.460. The van der Waals surface area contributed by atoms with Crippen LogP contribution in [0.5, 0.6) is 0 Å². The zero-order valence-electron chi connectivity index (χ0n) is 10.9. The van der Waals surface area contributed by atoms with E-state index in [0.29, 0.717) is 4.75 Å². The van der Waals surface area contributed by atoms with Crippen molar-refractivity contribution < 1.29 is 4.79 Å². The molecule has 1 rings (SSSR count). The van der Waals surface area contributed by atoms with Crippen molar-refractivity contribution in [3.63, 3.8) is 0 Å². The van der Waals surface area contributed by atoms with Gasteiger partial charge in [0, 0.05) is 11.3 Å². The smallest absolute Gasteiger partial charge is 0.239 e. The molecule has 0 saturated heterocycles. The van der Waals surface area contributed by atoms with Crippen LogP contribution in [0.2, 0.25) is 0 Å². The van der Waals surface area contributed by atoms with Crippen LogP contribution in [-0.2, 0) is 4.79 Å². The number of hydrogen-bond acceptors (Lipinski definition) is 3. The first-order chi connectivity index (χ1) is 7.46. The Morgan fingerprint density at radius 2 is 2.06 bits per heavy atom. The van der Waals surface area contributed by atoms with Crippen molar-refractivity contribution in [1.29, 1.82) is 0 Å². The molecule has 0 aromatic carbocycles. The fraction of sp³-hybridized carbons (Fsp3) is 0.917. The summed E-state index contributed by atoms with van der Waals surface area (Å²) < 4.78 is 0.317. The summed E-state index contributed by atoms with van der Waals surface area (Å²) in [6.07, 6.45) is 5.90. The summed E-state index contributed by atoms with van der Waals surface area (Å²) in [5, 5.41) is 6.27. The van der Waals surface area contributed by atoms with Crippen molar-refractivity contribution in [2.45, 2.75) is 50.3 Å². The highest BCUT2D eigenvalue weighted by molar-refractivity contribution is 8.00. The molecule has 1 aliphatic carbocycles. The van der Waals surface area contributed by atoms with E-state index in [1.165, 1.54) is 19.3 Å². The maximum Gasteiger partial charge on any atom is 0.239 e. The molecule has 0 aromatic rings. The molecular weight excluding hydrogens is 220 g/mol. The lowest BCUT2D eigenvalue weighted by Crippen LogP contribution is -2.56. The number of rotatable bonds is 6. The van der Waals surface area contributed by atoms with E-state index >= 15 is 0 Å². The number of nitrogens with one attached hydrogen (secondary N) is 2. The number of thioether (sulfide) groups is 1. The monoisotopic (exact) mass is 244 g/mol. The second-order valence-electron chi connectivity index (χ2n) is 5.08. The molecule has 2 N–H and O–H groups in total. The second-order valence-corrected chi connectivity index (χ2v) is 6.35. The van der Waals surface area contributed by atoms with Gasteiger partial charge in [-0.25, -0.2) is 0 Å². The molecule has 0 aromatic heterocycles. The third kappa shape index (κ3) is 3.14. The van der Waals surface area contributed by atoms with Crippen molar-refractivity contribution in [3.05, 3.63) is 0 Å². The quantitative estimate of drug-likeness (QED) is 0.748. The Bertz CT molecular complexity index is 244. The molecule has 0 bridgehead atoms. The summed E-state index contributed by atoms with van der Waals surface area (Å²) >= 11 is 1.89. The highest BCUT2D eigenvalue weighted by Crippen LogP contribution is 2.42. The molecule has 16 heavy (non-hydrogen) atoms. The van der Waals surface area contributed by atoms with Gasteiger partial charge in [-0.15, -0.1) is 0 Å². The van der Waals surface area contributed by atoms with E-state index in [1.807, 2.05) is 32.5 Å².